The van der Waals surface area contributed by atoms with Gasteiger partial charge < -0.3 is 29.4 Å². The third kappa shape index (κ3) is 2.87. The Kier molecular flexibility index (Phi) is 4.45. The first kappa shape index (κ1) is 16.8. The van der Waals surface area contributed by atoms with Gasteiger partial charge in [-0.25, -0.2) is 15.0 Å². The van der Waals surface area contributed by atoms with Crippen molar-refractivity contribution >= 4 is 17.0 Å². The van der Waals surface area contributed by atoms with Crippen LogP contribution >= 0.6 is 0 Å². The van der Waals surface area contributed by atoms with Gasteiger partial charge in [0.15, 0.2) is 28.5 Å². The van der Waals surface area contributed by atoms with E-state index in [9.17, 15) is 10.2 Å². The Morgan fingerprint density at radius 3 is 3.04 bits per heavy atom. The maximum atomic E-state index is 9.94. The SMILES string of the molecule is COc1ccoc1CNc1ncnc2c1ncn2C1C[C@H](O)[C@@H](CO)O1. The Hall–Kier alpha value is -2.69. The molecule has 3 aromatic heterocycles. The quantitative estimate of drug-likeness (QED) is 0.580. The molecule has 10 heteroatoms. The topological polar surface area (TPSA) is 128 Å². The number of furan rings is 1. The molecule has 0 aromatic carbocycles. The molecule has 3 N–H and O–H groups in total. The van der Waals surface area contributed by atoms with Crippen molar-refractivity contribution in [2.45, 2.75) is 31.4 Å². The Bertz CT molecular complexity index is 894. The van der Waals surface area contributed by atoms with E-state index in [1.807, 2.05) is 0 Å². The number of aliphatic hydroxyl groups is 2. The number of aromatic nitrogens is 4. The molecule has 4 rings (SSSR count). The second-order valence-electron chi connectivity index (χ2n) is 5.93. The van der Waals surface area contributed by atoms with Gasteiger partial charge in [-0.3, -0.25) is 4.57 Å². The summed E-state index contributed by atoms with van der Waals surface area (Å²) in [7, 11) is 1.58. The van der Waals surface area contributed by atoms with E-state index in [0.29, 0.717) is 41.5 Å². The molecule has 10 nitrogen and oxygen atoms in total. The summed E-state index contributed by atoms with van der Waals surface area (Å²) in [4.78, 5) is 12.9. The van der Waals surface area contributed by atoms with Crippen molar-refractivity contribution in [2.75, 3.05) is 19.0 Å². The normalized spacial score (nSPS) is 22.8. The molecular weight excluding hydrogens is 342 g/mol. The molecule has 3 atom stereocenters. The van der Waals surface area contributed by atoms with Crippen molar-refractivity contribution in [3.05, 3.63) is 30.7 Å². The third-order valence-electron chi connectivity index (χ3n) is 4.39. The van der Waals surface area contributed by atoms with Crippen molar-refractivity contribution in [1.82, 2.24) is 19.5 Å². The lowest BCUT2D eigenvalue weighted by Gasteiger charge is -2.13. The van der Waals surface area contributed by atoms with E-state index < -0.39 is 18.4 Å². The lowest BCUT2D eigenvalue weighted by Crippen LogP contribution is -2.24. The van der Waals surface area contributed by atoms with Crippen molar-refractivity contribution < 1.29 is 24.1 Å². The second-order valence-corrected chi connectivity index (χ2v) is 5.93. The fourth-order valence-electron chi connectivity index (χ4n) is 3.05. The van der Waals surface area contributed by atoms with Crippen molar-refractivity contribution in [3.63, 3.8) is 0 Å². The lowest BCUT2D eigenvalue weighted by atomic mass is 10.2. The van der Waals surface area contributed by atoms with E-state index in [2.05, 4.69) is 20.3 Å². The van der Waals surface area contributed by atoms with Crippen LogP contribution in [0, 0.1) is 0 Å². The zero-order chi connectivity index (χ0) is 18.1. The van der Waals surface area contributed by atoms with E-state index in [1.165, 1.54) is 6.33 Å². The van der Waals surface area contributed by atoms with Crippen LogP contribution < -0.4 is 10.1 Å². The van der Waals surface area contributed by atoms with Gasteiger partial charge in [0.25, 0.3) is 0 Å². The molecule has 0 radical (unpaired) electrons. The number of nitrogens with zero attached hydrogens (tertiary/aromatic N) is 4. The average molecular weight is 361 g/mol. The number of rotatable bonds is 6. The van der Waals surface area contributed by atoms with E-state index in [-0.39, 0.29) is 6.61 Å². The fourth-order valence-corrected chi connectivity index (χ4v) is 3.05. The van der Waals surface area contributed by atoms with Crippen LogP contribution in [0.25, 0.3) is 11.2 Å². The zero-order valence-electron chi connectivity index (χ0n) is 14.1. The van der Waals surface area contributed by atoms with E-state index in [4.69, 9.17) is 13.9 Å². The number of ether oxygens (including phenoxy) is 2. The van der Waals surface area contributed by atoms with Crippen LogP contribution in [0.3, 0.4) is 0 Å². The first-order chi connectivity index (χ1) is 12.7. The molecule has 1 aliphatic heterocycles. The number of nitrogens with one attached hydrogen (secondary N) is 1. The van der Waals surface area contributed by atoms with E-state index in [0.717, 1.165) is 0 Å². The predicted molar refractivity (Wildman–Crippen MR) is 89.5 cm³/mol. The van der Waals surface area contributed by atoms with E-state index in [1.54, 1.807) is 30.3 Å². The van der Waals surface area contributed by atoms with Gasteiger partial charge >= 0.3 is 0 Å². The Morgan fingerprint density at radius 1 is 1.38 bits per heavy atom. The molecule has 1 unspecified atom stereocenters. The van der Waals surface area contributed by atoms with Gasteiger partial charge in [0, 0.05) is 12.5 Å². The number of fused-ring (bicyclic) bond motifs is 1. The largest absolute Gasteiger partial charge is 0.493 e. The highest BCUT2D eigenvalue weighted by Gasteiger charge is 2.35. The maximum absolute atomic E-state index is 9.94. The standard InChI is InChI=1S/C16H19N5O5/c1-24-10-2-3-25-11(10)5-17-15-14-16(19-7-18-15)21(8-20-14)13-4-9(23)12(6-22)26-13/h2-3,7-9,12-13,22-23H,4-6H2,1H3,(H,17,18,19)/t9-,12+,13?/m0/s1. The summed E-state index contributed by atoms with van der Waals surface area (Å²) in [6, 6.07) is 1.74. The number of hydrogen-bond donors (Lipinski definition) is 3. The highest BCUT2D eigenvalue weighted by molar-refractivity contribution is 5.82. The van der Waals surface area contributed by atoms with Crippen molar-refractivity contribution in [2.24, 2.45) is 0 Å². The molecule has 1 fully saturated rings. The van der Waals surface area contributed by atoms with Gasteiger partial charge in [0.2, 0.25) is 0 Å². The summed E-state index contributed by atoms with van der Waals surface area (Å²) < 4.78 is 18.0. The molecule has 26 heavy (non-hydrogen) atoms. The van der Waals surface area contributed by atoms with Gasteiger partial charge in [0.05, 0.1) is 39.0 Å². The third-order valence-corrected chi connectivity index (χ3v) is 4.39. The summed E-state index contributed by atoms with van der Waals surface area (Å²) in [5.41, 5.74) is 1.15. The van der Waals surface area contributed by atoms with Crippen LogP contribution in [-0.2, 0) is 11.3 Å². The van der Waals surface area contributed by atoms with Crippen LogP contribution in [0.15, 0.2) is 29.4 Å². The molecule has 3 aromatic rings. The number of hydrogen-bond acceptors (Lipinski definition) is 9. The summed E-state index contributed by atoms with van der Waals surface area (Å²) in [6.45, 7) is 0.136. The highest BCUT2D eigenvalue weighted by atomic mass is 16.5. The van der Waals surface area contributed by atoms with Crippen LogP contribution in [0.5, 0.6) is 5.75 Å². The monoisotopic (exact) mass is 361 g/mol. The number of methoxy groups -OCH3 is 1. The summed E-state index contributed by atoms with van der Waals surface area (Å²) in [5, 5.41) is 22.4. The minimum atomic E-state index is -0.728. The Labute approximate surface area is 148 Å². The molecule has 0 bridgehead atoms. The van der Waals surface area contributed by atoms with E-state index >= 15 is 0 Å². The number of anilines is 1. The Morgan fingerprint density at radius 2 is 2.27 bits per heavy atom. The smallest absolute Gasteiger partial charge is 0.167 e. The molecule has 0 saturated carbocycles. The van der Waals surface area contributed by atoms with Crippen LogP contribution in [0.4, 0.5) is 5.82 Å². The first-order valence-corrected chi connectivity index (χ1v) is 8.17. The van der Waals surface area contributed by atoms with Gasteiger partial charge in [0.1, 0.15) is 18.7 Å². The summed E-state index contributed by atoms with van der Waals surface area (Å²) in [6.07, 6.45) is 3.15. The van der Waals surface area contributed by atoms with Crippen LogP contribution in [0.1, 0.15) is 18.4 Å². The number of aliphatic hydroxyl groups excluding tert-OH is 2. The lowest BCUT2D eigenvalue weighted by molar-refractivity contribution is -0.0432. The molecule has 0 spiro atoms. The Balaban J connectivity index is 1.57. The molecule has 0 amide bonds. The predicted octanol–water partition coefficient (Wildman–Crippen LogP) is 0.681. The highest BCUT2D eigenvalue weighted by Crippen LogP contribution is 2.31. The van der Waals surface area contributed by atoms with Crippen LogP contribution in [-0.4, -0.2) is 55.7 Å². The minimum Gasteiger partial charge on any atom is -0.493 e. The zero-order valence-corrected chi connectivity index (χ0v) is 14.1. The van der Waals surface area contributed by atoms with Gasteiger partial charge in [-0.05, 0) is 0 Å². The van der Waals surface area contributed by atoms with Gasteiger partial charge in [-0.2, -0.15) is 0 Å². The van der Waals surface area contributed by atoms with Crippen molar-refractivity contribution in [1.29, 1.82) is 0 Å². The average Bonchev–Trinajstić information content (AvgIpc) is 3.37. The minimum absolute atomic E-state index is 0.239. The molecule has 0 aliphatic carbocycles. The summed E-state index contributed by atoms with van der Waals surface area (Å²) >= 11 is 0. The van der Waals surface area contributed by atoms with Gasteiger partial charge in [-0.15, -0.1) is 0 Å². The molecule has 138 valence electrons. The molecular formula is C16H19N5O5. The molecule has 4 heterocycles. The summed E-state index contributed by atoms with van der Waals surface area (Å²) in [5.74, 6) is 1.84. The van der Waals surface area contributed by atoms with Crippen molar-refractivity contribution in [3.8, 4) is 5.75 Å². The maximum Gasteiger partial charge on any atom is 0.167 e. The fraction of sp³-hybridized carbons (Fsp3) is 0.438. The van der Waals surface area contributed by atoms with Crippen LogP contribution in [0.2, 0.25) is 0 Å². The second kappa shape index (κ2) is 6.90. The first-order valence-electron chi connectivity index (χ1n) is 8.17. The number of imidazole rings is 1. The molecule has 1 saturated heterocycles. The molecule has 1 aliphatic rings. The van der Waals surface area contributed by atoms with Gasteiger partial charge in [-0.1, -0.05) is 0 Å².